The predicted molar refractivity (Wildman–Crippen MR) is 116 cm³/mol. The second-order valence-electron chi connectivity index (χ2n) is 7.25. The van der Waals surface area contributed by atoms with Crippen LogP contribution in [0.25, 0.3) is 0 Å². The molecule has 3 rings (SSSR count). The molecule has 2 aromatic carbocycles. The molecule has 0 spiro atoms. The van der Waals surface area contributed by atoms with Crippen LogP contribution in [0.3, 0.4) is 0 Å². The molecule has 30 heavy (non-hydrogen) atoms. The molecule has 0 atom stereocenters. The van der Waals surface area contributed by atoms with E-state index < -0.39 is 21.7 Å². The van der Waals surface area contributed by atoms with Gasteiger partial charge < -0.3 is 10.2 Å². The van der Waals surface area contributed by atoms with Crippen LogP contribution in [0.15, 0.2) is 47.4 Å². The van der Waals surface area contributed by atoms with Gasteiger partial charge in [0.2, 0.25) is 0 Å². The number of rotatable bonds is 7. The van der Waals surface area contributed by atoms with Crippen molar-refractivity contribution >= 4 is 33.2 Å². The van der Waals surface area contributed by atoms with Gasteiger partial charge in [-0.1, -0.05) is 18.0 Å². The van der Waals surface area contributed by atoms with E-state index in [2.05, 4.69) is 10.2 Å². The minimum atomic E-state index is -3.95. The maximum absolute atomic E-state index is 13.1. The second kappa shape index (κ2) is 9.76. The van der Waals surface area contributed by atoms with Crippen LogP contribution in [0.1, 0.15) is 29.6 Å². The van der Waals surface area contributed by atoms with Crippen molar-refractivity contribution in [2.45, 2.75) is 24.2 Å². The SMILES string of the molecule is CN(c1ccc(F)cc1)S(=O)(=O)c1ccc(Cl)c(C(=O)NCCN2CCCCC2)c1. The Hall–Kier alpha value is -2.16. The highest BCUT2D eigenvalue weighted by Gasteiger charge is 2.24. The molecule has 1 aliphatic rings. The van der Waals surface area contributed by atoms with Gasteiger partial charge in [-0.15, -0.1) is 0 Å². The summed E-state index contributed by atoms with van der Waals surface area (Å²) < 4.78 is 40.1. The molecule has 2 aromatic rings. The van der Waals surface area contributed by atoms with Crippen molar-refractivity contribution in [1.82, 2.24) is 10.2 Å². The van der Waals surface area contributed by atoms with Gasteiger partial charge in [0, 0.05) is 20.1 Å². The lowest BCUT2D eigenvalue weighted by atomic mass is 10.1. The minimum absolute atomic E-state index is 0.0695. The monoisotopic (exact) mass is 453 g/mol. The first-order valence-electron chi connectivity index (χ1n) is 9.83. The fourth-order valence-corrected chi connectivity index (χ4v) is 4.82. The summed E-state index contributed by atoms with van der Waals surface area (Å²) in [5.74, 6) is -0.877. The van der Waals surface area contributed by atoms with E-state index in [-0.39, 0.29) is 15.5 Å². The van der Waals surface area contributed by atoms with Crippen LogP contribution in [0.2, 0.25) is 5.02 Å². The zero-order valence-corrected chi connectivity index (χ0v) is 18.3. The summed E-state index contributed by atoms with van der Waals surface area (Å²) in [5, 5.41) is 2.99. The number of carbonyl (C=O) groups is 1. The third-order valence-electron chi connectivity index (χ3n) is 5.19. The third-order valence-corrected chi connectivity index (χ3v) is 7.30. The topological polar surface area (TPSA) is 69.7 Å². The van der Waals surface area contributed by atoms with Crippen LogP contribution in [-0.2, 0) is 10.0 Å². The van der Waals surface area contributed by atoms with Crippen LogP contribution in [0, 0.1) is 5.82 Å². The van der Waals surface area contributed by atoms with Crippen molar-refractivity contribution in [3.05, 3.63) is 58.9 Å². The fraction of sp³-hybridized carbons (Fsp3) is 0.381. The van der Waals surface area contributed by atoms with Crippen molar-refractivity contribution in [3.8, 4) is 0 Å². The van der Waals surface area contributed by atoms with E-state index in [9.17, 15) is 17.6 Å². The molecule has 0 aromatic heterocycles. The van der Waals surface area contributed by atoms with Gasteiger partial charge in [0.25, 0.3) is 15.9 Å². The summed E-state index contributed by atoms with van der Waals surface area (Å²) >= 11 is 6.16. The Kier molecular flexibility index (Phi) is 7.33. The molecule has 0 unspecified atom stereocenters. The molecular formula is C21H25ClFN3O3S. The molecule has 162 valence electrons. The maximum atomic E-state index is 13.1. The highest BCUT2D eigenvalue weighted by molar-refractivity contribution is 7.92. The van der Waals surface area contributed by atoms with E-state index in [1.165, 1.54) is 68.8 Å². The van der Waals surface area contributed by atoms with Gasteiger partial charge in [-0.25, -0.2) is 12.8 Å². The van der Waals surface area contributed by atoms with Crippen molar-refractivity contribution in [1.29, 1.82) is 0 Å². The number of benzene rings is 2. The van der Waals surface area contributed by atoms with Gasteiger partial charge in [0.1, 0.15) is 5.82 Å². The van der Waals surface area contributed by atoms with E-state index in [1.807, 2.05) is 0 Å². The van der Waals surface area contributed by atoms with Crippen molar-refractivity contribution in [2.24, 2.45) is 0 Å². The van der Waals surface area contributed by atoms with E-state index in [0.29, 0.717) is 12.2 Å². The molecule has 1 amide bonds. The number of halogens is 2. The number of nitrogens with one attached hydrogen (secondary N) is 1. The predicted octanol–water partition coefficient (Wildman–Crippen LogP) is 3.52. The maximum Gasteiger partial charge on any atom is 0.264 e. The summed E-state index contributed by atoms with van der Waals surface area (Å²) in [6.07, 6.45) is 3.58. The first kappa shape index (κ1) is 22.5. The number of piperidine rings is 1. The second-order valence-corrected chi connectivity index (χ2v) is 9.63. The van der Waals surface area contributed by atoms with Crippen molar-refractivity contribution in [3.63, 3.8) is 0 Å². The molecule has 1 aliphatic heterocycles. The Balaban J connectivity index is 1.73. The number of hydrogen-bond acceptors (Lipinski definition) is 4. The molecule has 1 N–H and O–H groups in total. The largest absolute Gasteiger partial charge is 0.351 e. The molecular weight excluding hydrogens is 429 g/mol. The summed E-state index contributed by atoms with van der Waals surface area (Å²) in [5.41, 5.74) is 0.405. The number of anilines is 1. The van der Waals surface area contributed by atoms with Gasteiger partial charge in [-0.2, -0.15) is 0 Å². The van der Waals surface area contributed by atoms with Crippen LogP contribution >= 0.6 is 11.6 Å². The number of sulfonamides is 1. The van der Waals surface area contributed by atoms with Gasteiger partial charge in [-0.05, 0) is 68.4 Å². The quantitative estimate of drug-likeness (QED) is 0.696. The molecule has 1 saturated heterocycles. The zero-order valence-electron chi connectivity index (χ0n) is 16.8. The Bertz CT molecular complexity index is 993. The highest BCUT2D eigenvalue weighted by Crippen LogP contribution is 2.26. The summed E-state index contributed by atoms with van der Waals surface area (Å²) in [4.78, 5) is 14.8. The lowest BCUT2D eigenvalue weighted by molar-refractivity contribution is 0.0946. The summed E-state index contributed by atoms with van der Waals surface area (Å²) in [7, 11) is -2.58. The fourth-order valence-electron chi connectivity index (χ4n) is 3.39. The Morgan fingerprint density at radius 3 is 2.47 bits per heavy atom. The molecule has 6 nitrogen and oxygen atoms in total. The number of likely N-dealkylation sites (tertiary alicyclic amines) is 1. The molecule has 9 heteroatoms. The van der Waals surface area contributed by atoms with Crippen LogP contribution in [-0.4, -0.2) is 52.5 Å². The molecule has 0 bridgehead atoms. The normalized spacial score (nSPS) is 15.0. The first-order valence-corrected chi connectivity index (χ1v) is 11.7. The number of amides is 1. The molecule has 1 fully saturated rings. The Morgan fingerprint density at radius 2 is 1.80 bits per heavy atom. The average Bonchev–Trinajstić information content (AvgIpc) is 2.74. The molecule has 0 aliphatic carbocycles. The number of hydrogen-bond donors (Lipinski definition) is 1. The van der Waals surface area contributed by atoms with Gasteiger partial charge in [0.15, 0.2) is 0 Å². The Labute approximate surface area is 181 Å². The Morgan fingerprint density at radius 1 is 1.13 bits per heavy atom. The lowest BCUT2D eigenvalue weighted by Crippen LogP contribution is -2.37. The van der Waals surface area contributed by atoms with Crippen molar-refractivity contribution in [2.75, 3.05) is 37.5 Å². The van der Waals surface area contributed by atoms with E-state index in [4.69, 9.17) is 11.6 Å². The van der Waals surface area contributed by atoms with Crippen LogP contribution in [0.5, 0.6) is 0 Å². The number of nitrogens with zero attached hydrogens (tertiary/aromatic N) is 2. The zero-order chi connectivity index (χ0) is 21.7. The standard InChI is InChI=1S/C21H25ClFN3O3S/c1-25(17-7-5-16(23)6-8-17)30(28,29)18-9-10-20(22)19(15-18)21(27)24-11-14-26-12-3-2-4-13-26/h5-10,15H,2-4,11-14H2,1H3,(H,24,27). The molecule has 0 radical (unpaired) electrons. The van der Waals surface area contributed by atoms with Gasteiger partial charge >= 0.3 is 0 Å². The van der Waals surface area contributed by atoms with Gasteiger partial charge in [0.05, 0.1) is 21.2 Å². The van der Waals surface area contributed by atoms with Crippen molar-refractivity contribution < 1.29 is 17.6 Å². The van der Waals surface area contributed by atoms with E-state index in [0.717, 1.165) is 23.9 Å². The average molecular weight is 454 g/mol. The highest BCUT2D eigenvalue weighted by atomic mass is 35.5. The summed E-state index contributed by atoms with van der Waals surface area (Å²) in [6.45, 7) is 3.26. The van der Waals surface area contributed by atoms with E-state index >= 15 is 0 Å². The van der Waals surface area contributed by atoms with Crippen LogP contribution < -0.4 is 9.62 Å². The van der Waals surface area contributed by atoms with Crippen LogP contribution in [0.4, 0.5) is 10.1 Å². The minimum Gasteiger partial charge on any atom is -0.351 e. The first-order chi connectivity index (χ1) is 14.3. The lowest BCUT2D eigenvalue weighted by Gasteiger charge is -2.26. The van der Waals surface area contributed by atoms with Gasteiger partial charge in [-0.3, -0.25) is 9.10 Å². The summed E-state index contributed by atoms with van der Waals surface area (Å²) in [6, 6.07) is 9.13. The third kappa shape index (κ3) is 5.30. The molecule has 1 heterocycles. The number of carbonyl (C=O) groups excluding carboxylic acids is 1. The van der Waals surface area contributed by atoms with E-state index in [1.54, 1.807) is 0 Å². The molecule has 0 saturated carbocycles. The smallest absolute Gasteiger partial charge is 0.264 e.